The molecule has 1 aliphatic heterocycles. The third kappa shape index (κ3) is 1.86. The second-order valence-corrected chi connectivity index (χ2v) is 4.55. The van der Waals surface area contributed by atoms with Gasteiger partial charge >= 0.3 is 0 Å². The van der Waals surface area contributed by atoms with Crippen molar-refractivity contribution in [2.45, 2.75) is 5.54 Å². The number of hydrogen-bond donors (Lipinski definition) is 2. The zero-order valence-electron chi connectivity index (χ0n) is 7.66. The Labute approximate surface area is 86.5 Å². The van der Waals surface area contributed by atoms with Gasteiger partial charge in [-0.1, -0.05) is 6.07 Å². The third-order valence-electron chi connectivity index (χ3n) is 2.29. The van der Waals surface area contributed by atoms with E-state index in [0.29, 0.717) is 0 Å². The molecule has 0 amide bonds. The summed E-state index contributed by atoms with van der Waals surface area (Å²) in [7, 11) is 0. The van der Waals surface area contributed by atoms with Gasteiger partial charge in [-0.05, 0) is 18.2 Å². The first kappa shape index (κ1) is 9.80. The summed E-state index contributed by atoms with van der Waals surface area (Å²) in [5.41, 5.74) is 0.498. The van der Waals surface area contributed by atoms with Crippen LogP contribution in [0.1, 0.15) is 0 Å². The highest BCUT2D eigenvalue weighted by Gasteiger charge is 2.37. The number of thioether (sulfide) groups is 1. The molecule has 1 aliphatic rings. The third-order valence-corrected chi connectivity index (χ3v) is 3.81. The van der Waals surface area contributed by atoms with Crippen LogP contribution < -0.4 is 5.32 Å². The van der Waals surface area contributed by atoms with Crippen molar-refractivity contribution in [3.05, 3.63) is 30.1 Å². The summed E-state index contributed by atoms with van der Waals surface area (Å²) in [6, 6.07) is 6.32. The number of benzene rings is 1. The first-order valence-electron chi connectivity index (χ1n) is 4.46. The van der Waals surface area contributed by atoms with Gasteiger partial charge in [-0.25, -0.2) is 4.39 Å². The zero-order chi connectivity index (χ0) is 10.0. The number of rotatable bonds is 3. The maximum absolute atomic E-state index is 12.9. The molecule has 14 heavy (non-hydrogen) atoms. The van der Waals surface area contributed by atoms with E-state index in [2.05, 4.69) is 5.32 Å². The summed E-state index contributed by atoms with van der Waals surface area (Å²) >= 11 is 1.78. The minimum absolute atomic E-state index is 0.0938. The summed E-state index contributed by atoms with van der Waals surface area (Å²) in [6.45, 7) is 0.0938. The monoisotopic (exact) mass is 213 g/mol. The Morgan fingerprint density at radius 1 is 1.50 bits per heavy atom. The van der Waals surface area contributed by atoms with Crippen molar-refractivity contribution in [3.8, 4) is 0 Å². The molecule has 0 radical (unpaired) electrons. The summed E-state index contributed by atoms with van der Waals surface area (Å²) in [6.07, 6.45) is 0. The van der Waals surface area contributed by atoms with Gasteiger partial charge in [0.1, 0.15) is 5.82 Å². The SMILES string of the molecule is OCC1(Nc2cccc(F)c2)CSC1. The predicted octanol–water partition coefficient (Wildman–Crippen LogP) is 1.72. The molecule has 0 aliphatic carbocycles. The Balaban J connectivity index is 2.09. The topological polar surface area (TPSA) is 32.3 Å². The van der Waals surface area contributed by atoms with Crippen LogP contribution in [0.2, 0.25) is 0 Å². The van der Waals surface area contributed by atoms with Crippen molar-refractivity contribution in [1.82, 2.24) is 0 Å². The van der Waals surface area contributed by atoms with Crippen molar-refractivity contribution >= 4 is 17.4 Å². The Bertz CT molecular complexity index is 322. The number of aliphatic hydroxyl groups is 1. The zero-order valence-corrected chi connectivity index (χ0v) is 8.48. The Morgan fingerprint density at radius 3 is 2.79 bits per heavy atom. The fraction of sp³-hybridized carbons (Fsp3) is 0.400. The molecule has 1 saturated heterocycles. The lowest BCUT2D eigenvalue weighted by molar-refractivity contribution is 0.233. The van der Waals surface area contributed by atoms with E-state index < -0.39 is 0 Å². The van der Waals surface area contributed by atoms with Gasteiger partial charge in [0.2, 0.25) is 0 Å². The first-order chi connectivity index (χ1) is 6.74. The second kappa shape index (κ2) is 3.79. The van der Waals surface area contributed by atoms with Crippen LogP contribution >= 0.6 is 11.8 Å². The minimum atomic E-state index is -0.255. The first-order valence-corrected chi connectivity index (χ1v) is 5.62. The van der Waals surface area contributed by atoms with E-state index in [-0.39, 0.29) is 18.0 Å². The van der Waals surface area contributed by atoms with Gasteiger partial charge in [0.15, 0.2) is 0 Å². The molecule has 2 N–H and O–H groups in total. The number of hydrogen-bond acceptors (Lipinski definition) is 3. The van der Waals surface area contributed by atoms with E-state index in [4.69, 9.17) is 0 Å². The Kier molecular flexibility index (Phi) is 2.65. The molecule has 0 saturated carbocycles. The molecule has 0 aromatic heterocycles. The Morgan fingerprint density at radius 2 is 2.29 bits per heavy atom. The van der Waals surface area contributed by atoms with Crippen molar-refractivity contribution in [3.63, 3.8) is 0 Å². The van der Waals surface area contributed by atoms with Crippen LogP contribution in [0.25, 0.3) is 0 Å². The van der Waals surface area contributed by atoms with Crippen molar-refractivity contribution in [2.75, 3.05) is 23.4 Å². The quantitative estimate of drug-likeness (QED) is 0.801. The molecule has 0 bridgehead atoms. The average molecular weight is 213 g/mol. The van der Waals surface area contributed by atoms with Crippen LogP contribution in [0, 0.1) is 5.82 Å². The lowest BCUT2D eigenvalue weighted by atomic mass is 10.1. The van der Waals surface area contributed by atoms with Gasteiger partial charge in [0.05, 0.1) is 12.1 Å². The fourth-order valence-corrected chi connectivity index (χ4v) is 2.45. The second-order valence-electron chi connectivity index (χ2n) is 3.57. The standard InChI is InChI=1S/C10H12FNOS/c11-8-2-1-3-9(4-8)12-10(5-13)6-14-7-10/h1-4,12-13H,5-7H2. The molecule has 1 aromatic carbocycles. The predicted molar refractivity (Wildman–Crippen MR) is 57.2 cm³/mol. The molecule has 2 rings (SSSR count). The summed E-state index contributed by atoms with van der Waals surface area (Å²) in [4.78, 5) is 0. The molecule has 1 aromatic rings. The van der Waals surface area contributed by atoms with Gasteiger partial charge < -0.3 is 10.4 Å². The van der Waals surface area contributed by atoms with E-state index in [9.17, 15) is 9.50 Å². The van der Waals surface area contributed by atoms with Crippen LogP contribution in [-0.4, -0.2) is 28.8 Å². The number of aliphatic hydroxyl groups excluding tert-OH is 1. The van der Waals surface area contributed by atoms with E-state index in [1.54, 1.807) is 17.8 Å². The molecule has 0 atom stereocenters. The molecular formula is C10H12FNOS. The molecular weight excluding hydrogens is 201 g/mol. The van der Waals surface area contributed by atoms with Crippen molar-refractivity contribution in [1.29, 1.82) is 0 Å². The van der Waals surface area contributed by atoms with Crippen LogP contribution in [-0.2, 0) is 0 Å². The van der Waals surface area contributed by atoms with Crippen molar-refractivity contribution < 1.29 is 9.50 Å². The normalized spacial score (nSPS) is 18.7. The maximum Gasteiger partial charge on any atom is 0.125 e. The summed E-state index contributed by atoms with van der Waals surface area (Å²) in [5.74, 6) is 1.50. The number of halogens is 1. The van der Waals surface area contributed by atoms with Gasteiger partial charge in [0.25, 0.3) is 0 Å². The number of anilines is 1. The lowest BCUT2D eigenvalue weighted by Crippen LogP contribution is -2.53. The molecule has 76 valence electrons. The summed E-state index contributed by atoms with van der Waals surface area (Å²) in [5, 5.41) is 12.4. The summed E-state index contributed by atoms with van der Waals surface area (Å²) < 4.78 is 12.9. The molecule has 0 unspecified atom stereocenters. The molecule has 4 heteroatoms. The van der Waals surface area contributed by atoms with E-state index in [0.717, 1.165) is 17.2 Å². The van der Waals surface area contributed by atoms with Gasteiger partial charge in [0, 0.05) is 17.2 Å². The minimum Gasteiger partial charge on any atom is -0.394 e. The average Bonchev–Trinajstić information content (AvgIpc) is 2.11. The van der Waals surface area contributed by atoms with E-state index in [1.165, 1.54) is 12.1 Å². The number of nitrogens with one attached hydrogen (secondary N) is 1. The highest BCUT2D eigenvalue weighted by Crippen LogP contribution is 2.32. The molecule has 2 nitrogen and oxygen atoms in total. The molecule has 1 heterocycles. The van der Waals surface area contributed by atoms with Gasteiger partial charge in [-0.3, -0.25) is 0 Å². The highest BCUT2D eigenvalue weighted by atomic mass is 32.2. The Hall–Kier alpha value is -0.740. The fourth-order valence-electron chi connectivity index (χ4n) is 1.42. The lowest BCUT2D eigenvalue weighted by Gasteiger charge is -2.41. The molecule has 1 fully saturated rings. The van der Waals surface area contributed by atoms with Gasteiger partial charge in [-0.15, -0.1) is 0 Å². The highest BCUT2D eigenvalue weighted by molar-refractivity contribution is 8.00. The van der Waals surface area contributed by atoms with Crippen LogP contribution in [0.3, 0.4) is 0 Å². The van der Waals surface area contributed by atoms with Crippen LogP contribution in [0.4, 0.5) is 10.1 Å². The van der Waals surface area contributed by atoms with Crippen LogP contribution in [0.5, 0.6) is 0 Å². The van der Waals surface area contributed by atoms with Gasteiger partial charge in [-0.2, -0.15) is 11.8 Å². The smallest absolute Gasteiger partial charge is 0.125 e. The van der Waals surface area contributed by atoms with E-state index in [1.807, 2.05) is 6.07 Å². The van der Waals surface area contributed by atoms with Crippen molar-refractivity contribution in [2.24, 2.45) is 0 Å². The largest absolute Gasteiger partial charge is 0.394 e. The maximum atomic E-state index is 12.9. The molecule has 0 spiro atoms. The van der Waals surface area contributed by atoms with Crippen LogP contribution in [0.15, 0.2) is 24.3 Å². The van der Waals surface area contributed by atoms with E-state index >= 15 is 0 Å².